The van der Waals surface area contributed by atoms with Gasteiger partial charge < -0.3 is 10.5 Å². The summed E-state index contributed by atoms with van der Waals surface area (Å²) in [6.07, 6.45) is 2.68. The molecule has 3 atom stereocenters. The fourth-order valence-corrected chi connectivity index (χ4v) is 2.69. The average molecular weight is 203 g/mol. The van der Waals surface area contributed by atoms with E-state index in [-0.39, 0.29) is 0 Å². The molecule has 1 unspecified atom stereocenters. The van der Waals surface area contributed by atoms with Gasteiger partial charge in [0.2, 0.25) is 0 Å². The molecule has 2 heteroatoms. The highest BCUT2D eigenvalue weighted by Gasteiger charge is 2.39. The first-order valence-corrected chi connectivity index (χ1v) is 5.78. The summed E-state index contributed by atoms with van der Waals surface area (Å²) >= 11 is 0. The second kappa shape index (κ2) is 3.24. The maximum atomic E-state index is 5.76. The van der Waals surface area contributed by atoms with Crippen LogP contribution < -0.4 is 10.5 Å². The highest BCUT2D eigenvalue weighted by atomic mass is 16.5. The number of nitrogens with two attached hydrogens (primary N) is 1. The third-order valence-corrected chi connectivity index (χ3v) is 3.61. The smallest absolute Gasteiger partial charge is 0.123 e. The van der Waals surface area contributed by atoms with Crippen LogP contribution in [0, 0.1) is 5.92 Å². The third kappa shape index (κ3) is 1.44. The molecular formula is C13H17NO. The first-order valence-electron chi connectivity index (χ1n) is 5.78. The van der Waals surface area contributed by atoms with Gasteiger partial charge in [-0.15, -0.1) is 0 Å². The molecule has 1 saturated carbocycles. The number of rotatable bonds is 2. The van der Waals surface area contributed by atoms with Crippen LogP contribution in [-0.2, 0) is 6.42 Å². The molecule has 1 aliphatic heterocycles. The monoisotopic (exact) mass is 203 g/mol. The Morgan fingerprint density at radius 2 is 2.33 bits per heavy atom. The minimum atomic E-state index is 0.344. The summed E-state index contributed by atoms with van der Waals surface area (Å²) < 4.78 is 5.76. The molecule has 0 spiro atoms. The van der Waals surface area contributed by atoms with Gasteiger partial charge in [-0.2, -0.15) is 0 Å². The van der Waals surface area contributed by atoms with Crippen molar-refractivity contribution < 1.29 is 4.74 Å². The minimum absolute atomic E-state index is 0.344. The molecule has 0 radical (unpaired) electrons. The lowest BCUT2D eigenvalue weighted by molar-refractivity contribution is 0.254. The normalized spacial score (nSPS) is 32.3. The summed E-state index contributed by atoms with van der Waals surface area (Å²) in [7, 11) is 0. The molecule has 0 amide bonds. The zero-order valence-electron chi connectivity index (χ0n) is 9.07. The van der Waals surface area contributed by atoms with Gasteiger partial charge in [-0.25, -0.2) is 0 Å². The number of fused-ring (bicyclic) bond motifs is 1. The van der Waals surface area contributed by atoms with E-state index in [4.69, 9.17) is 10.5 Å². The molecule has 1 heterocycles. The number of hydrogen-bond acceptors (Lipinski definition) is 2. The molecular weight excluding hydrogens is 186 g/mol. The van der Waals surface area contributed by atoms with Crippen LogP contribution in [0.5, 0.6) is 5.75 Å². The molecule has 2 N–H and O–H groups in total. The van der Waals surface area contributed by atoms with E-state index in [1.807, 2.05) is 0 Å². The third-order valence-electron chi connectivity index (χ3n) is 3.61. The van der Waals surface area contributed by atoms with Gasteiger partial charge in [0.25, 0.3) is 0 Å². The van der Waals surface area contributed by atoms with Crippen LogP contribution in [0.15, 0.2) is 18.2 Å². The summed E-state index contributed by atoms with van der Waals surface area (Å²) in [6.45, 7) is 2.96. The number of benzene rings is 1. The predicted octanol–water partition coefficient (Wildman–Crippen LogP) is 2.07. The second-order valence-corrected chi connectivity index (χ2v) is 4.79. The number of hydrogen-bond donors (Lipinski definition) is 1. The lowest BCUT2D eigenvalue weighted by atomic mass is 9.99. The van der Waals surface area contributed by atoms with Crippen LogP contribution >= 0.6 is 0 Å². The molecule has 15 heavy (non-hydrogen) atoms. The average Bonchev–Trinajstić information content (AvgIpc) is 2.91. The van der Waals surface area contributed by atoms with Gasteiger partial charge in [0, 0.05) is 12.0 Å². The fourth-order valence-electron chi connectivity index (χ4n) is 2.69. The minimum Gasteiger partial charge on any atom is -0.490 e. The maximum absolute atomic E-state index is 5.76. The molecule has 2 nitrogen and oxygen atoms in total. The first-order chi connectivity index (χ1) is 7.29. The van der Waals surface area contributed by atoms with Crippen LogP contribution in [0.2, 0.25) is 0 Å². The van der Waals surface area contributed by atoms with Gasteiger partial charge >= 0.3 is 0 Å². The van der Waals surface area contributed by atoms with Crippen molar-refractivity contribution in [3.05, 3.63) is 29.3 Å². The van der Waals surface area contributed by atoms with Gasteiger partial charge in [-0.1, -0.05) is 12.1 Å². The van der Waals surface area contributed by atoms with Crippen LogP contribution in [0.3, 0.4) is 0 Å². The summed E-state index contributed by atoms with van der Waals surface area (Å²) in [4.78, 5) is 0. The Hall–Kier alpha value is -1.02. The highest BCUT2D eigenvalue weighted by Crippen LogP contribution is 2.50. The highest BCUT2D eigenvalue weighted by molar-refractivity contribution is 5.47. The summed E-state index contributed by atoms with van der Waals surface area (Å²) in [6, 6.07) is 6.45. The fraction of sp³-hybridized carbons (Fsp3) is 0.538. The largest absolute Gasteiger partial charge is 0.490 e. The number of ether oxygens (including phenoxy) is 1. The first kappa shape index (κ1) is 9.22. The van der Waals surface area contributed by atoms with E-state index < -0.39 is 0 Å². The Kier molecular flexibility index (Phi) is 1.99. The van der Waals surface area contributed by atoms with E-state index >= 15 is 0 Å². The Balaban J connectivity index is 1.94. The van der Waals surface area contributed by atoms with Crippen LogP contribution in [0.4, 0.5) is 0 Å². The Morgan fingerprint density at radius 3 is 3.07 bits per heavy atom. The summed E-state index contributed by atoms with van der Waals surface area (Å²) in [5.74, 6) is 2.52. The van der Waals surface area contributed by atoms with Crippen molar-refractivity contribution in [2.75, 3.05) is 6.54 Å². The van der Waals surface area contributed by atoms with Crippen molar-refractivity contribution in [1.29, 1.82) is 0 Å². The van der Waals surface area contributed by atoms with Crippen LogP contribution in [0.1, 0.15) is 30.4 Å². The molecule has 1 aromatic carbocycles. The lowest BCUT2D eigenvalue weighted by Gasteiger charge is -2.05. The van der Waals surface area contributed by atoms with Crippen LogP contribution in [0.25, 0.3) is 0 Å². The Bertz CT molecular complexity index is 388. The van der Waals surface area contributed by atoms with E-state index in [1.54, 1.807) is 0 Å². The Labute approximate surface area is 90.4 Å². The van der Waals surface area contributed by atoms with E-state index in [1.165, 1.54) is 17.5 Å². The van der Waals surface area contributed by atoms with Crippen molar-refractivity contribution in [2.45, 2.75) is 31.8 Å². The summed E-state index contributed by atoms with van der Waals surface area (Å²) in [5.41, 5.74) is 8.63. The predicted molar refractivity (Wildman–Crippen MR) is 60.1 cm³/mol. The van der Waals surface area contributed by atoms with Gasteiger partial charge in [-0.3, -0.25) is 0 Å². The molecule has 1 aliphatic carbocycles. The molecule has 80 valence electrons. The van der Waals surface area contributed by atoms with Crippen molar-refractivity contribution in [1.82, 2.24) is 0 Å². The van der Waals surface area contributed by atoms with E-state index in [0.29, 0.717) is 17.9 Å². The Morgan fingerprint density at radius 1 is 1.47 bits per heavy atom. The molecule has 3 rings (SSSR count). The maximum Gasteiger partial charge on any atom is 0.123 e. The van der Waals surface area contributed by atoms with Gasteiger partial charge in [0.1, 0.15) is 11.9 Å². The summed E-state index contributed by atoms with van der Waals surface area (Å²) in [5, 5.41) is 0. The topological polar surface area (TPSA) is 35.2 Å². The zero-order chi connectivity index (χ0) is 10.4. The van der Waals surface area contributed by atoms with Crippen LogP contribution in [-0.4, -0.2) is 12.6 Å². The van der Waals surface area contributed by atoms with E-state index in [2.05, 4.69) is 25.1 Å². The zero-order valence-corrected chi connectivity index (χ0v) is 9.07. The van der Waals surface area contributed by atoms with Crippen molar-refractivity contribution in [3.8, 4) is 5.75 Å². The van der Waals surface area contributed by atoms with Gasteiger partial charge in [0.05, 0.1) is 0 Å². The quantitative estimate of drug-likeness (QED) is 0.798. The van der Waals surface area contributed by atoms with Crippen molar-refractivity contribution in [3.63, 3.8) is 0 Å². The molecule has 1 aromatic rings. The van der Waals surface area contributed by atoms with Crippen molar-refractivity contribution in [2.24, 2.45) is 11.7 Å². The molecule has 0 aromatic heterocycles. The van der Waals surface area contributed by atoms with Gasteiger partial charge in [-0.05, 0) is 43.4 Å². The van der Waals surface area contributed by atoms with E-state index in [9.17, 15) is 0 Å². The molecule has 1 fully saturated rings. The molecule has 0 saturated heterocycles. The van der Waals surface area contributed by atoms with Crippen molar-refractivity contribution >= 4 is 0 Å². The lowest BCUT2D eigenvalue weighted by Crippen LogP contribution is -2.06. The van der Waals surface area contributed by atoms with E-state index in [0.717, 1.165) is 18.7 Å². The standard InChI is InChI=1S/C13H17NO/c1-8-5-12-10(11-6-9(11)7-14)3-2-4-13(12)15-8/h2-4,8-9,11H,5-7,14H2,1H3/t8?,9-,11+/m0/s1. The van der Waals surface area contributed by atoms with Gasteiger partial charge in [0.15, 0.2) is 0 Å². The second-order valence-electron chi connectivity index (χ2n) is 4.79. The SMILES string of the molecule is CC1Cc2c(cccc2[C@@H]2C[C@H]2CN)O1. The molecule has 0 bridgehead atoms. The molecule has 2 aliphatic rings.